The highest BCUT2D eigenvalue weighted by Gasteiger charge is 1.98. The van der Waals surface area contributed by atoms with Gasteiger partial charge in [-0.1, -0.05) is 0 Å². The number of nitrogens with zero attached hydrogens (tertiary/aromatic N) is 2. The zero-order valence-electron chi connectivity index (χ0n) is 7.94. The van der Waals surface area contributed by atoms with Crippen LogP contribution in [0.25, 0.3) is 11.1 Å². The van der Waals surface area contributed by atoms with Crippen LogP contribution in [0.1, 0.15) is 5.56 Å². The van der Waals surface area contributed by atoms with Crippen LogP contribution >= 0.6 is 0 Å². The standard InChI is InChI=1S/C11H11N3/c1-8-2-9(5-13-4-8)10-3-11(12)7-14-6-10/h2-7H,12H2,1H3. The minimum absolute atomic E-state index is 0.670. The summed E-state index contributed by atoms with van der Waals surface area (Å²) in [4.78, 5) is 8.16. The van der Waals surface area contributed by atoms with Gasteiger partial charge in [-0.3, -0.25) is 9.97 Å². The Morgan fingerprint density at radius 2 is 1.57 bits per heavy atom. The molecule has 0 aromatic carbocycles. The van der Waals surface area contributed by atoms with Gasteiger partial charge in [0.1, 0.15) is 0 Å². The van der Waals surface area contributed by atoms with Crippen molar-refractivity contribution in [1.82, 2.24) is 9.97 Å². The molecule has 3 nitrogen and oxygen atoms in total. The van der Waals surface area contributed by atoms with E-state index in [-0.39, 0.29) is 0 Å². The van der Waals surface area contributed by atoms with E-state index in [2.05, 4.69) is 16.0 Å². The van der Waals surface area contributed by atoms with E-state index in [1.807, 2.05) is 25.4 Å². The Labute approximate surface area is 82.6 Å². The molecule has 2 N–H and O–H groups in total. The molecule has 0 radical (unpaired) electrons. The molecule has 2 aromatic heterocycles. The van der Waals surface area contributed by atoms with Gasteiger partial charge in [0.15, 0.2) is 0 Å². The first-order chi connectivity index (χ1) is 6.75. The van der Waals surface area contributed by atoms with Crippen LogP contribution < -0.4 is 5.73 Å². The summed E-state index contributed by atoms with van der Waals surface area (Å²) in [5.74, 6) is 0. The van der Waals surface area contributed by atoms with Gasteiger partial charge in [-0.05, 0) is 24.6 Å². The maximum Gasteiger partial charge on any atom is 0.0506 e. The van der Waals surface area contributed by atoms with E-state index in [0.717, 1.165) is 16.7 Å². The molecule has 0 aliphatic carbocycles. The predicted octanol–water partition coefficient (Wildman–Crippen LogP) is 2.03. The largest absolute Gasteiger partial charge is 0.397 e. The Hall–Kier alpha value is -1.90. The molecule has 0 fully saturated rings. The molecule has 14 heavy (non-hydrogen) atoms. The molecule has 0 aliphatic rings. The number of anilines is 1. The minimum atomic E-state index is 0.670. The van der Waals surface area contributed by atoms with Gasteiger partial charge in [0.05, 0.1) is 5.69 Å². The lowest BCUT2D eigenvalue weighted by Gasteiger charge is -2.02. The molecule has 0 unspecified atom stereocenters. The number of hydrogen-bond acceptors (Lipinski definition) is 3. The summed E-state index contributed by atoms with van der Waals surface area (Å²) < 4.78 is 0. The molecule has 0 saturated carbocycles. The summed E-state index contributed by atoms with van der Waals surface area (Å²) in [6.07, 6.45) is 7.05. The summed E-state index contributed by atoms with van der Waals surface area (Å²) in [6.45, 7) is 2.01. The van der Waals surface area contributed by atoms with Crippen LogP contribution in [-0.2, 0) is 0 Å². The quantitative estimate of drug-likeness (QED) is 0.739. The van der Waals surface area contributed by atoms with Gasteiger partial charge in [0.25, 0.3) is 0 Å². The average molecular weight is 185 g/mol. The second-order valence-electron chi connectivity index (χ2n) is 3.26. The molecule has 2 aromatic rings. The molecular weight excluding hydrogens is 174 g/mol. The lowest BCUT2D eigenvalue weighted by Crippen LogP contribution is -1.88. The highest BCUT2D eigenvalue weighted by atomic mass is 14.7. The van der Waals surface area contributed by atoms with Crippen molar-refractivity contribution < 1.29 is 0 Å². The SMILES string of the molecule is Cc1cncc(-c2cncc(N)c2)c1. The Balaban J connectivity index is 2.49. The molecule has 0 aliphatic heterocycles. The Morgan fingerprint density at radius 3 is 2.21 bits per heavy atom. The normalized spacial score (nSPS) is 10.1. The molecule has 0 amide bonds. The van der Waals surface area contributed by atoms with Crippen molar-refractivity contribution in [2.75, 3.05) is 5.73 Å². The molecule has 0 saturated heterocycles. The molecule has 0 atom stereocenters. The van der Waals surface area contributed by atoms with Gasteiger partial charge in [-0.2, -0.15) is 0 Å². The van der Waals surface area contributed by atoms with E-state index in [9.17, 15) is 0 Å². The van der Waals surface area contributed by atoms with Crippen LogP contribution in [0.15, 0.2) is 36.9 Å². The highest BCUT2D eigenvalue weighted by molar-refractivity contribution is 5.65. The highest BCUT2D eigenvalue weighted by Crippen LogP contribution is 2.19. The Bertz CT molecular complexity index is 408. The van der Waals surface area contributed by atoms with Gasteiger partial charge in [-0.25, -0.2) is 0 Å². The molecular formula is C11H11N3. The van der Waals surface area contributed by atoms with Crippen molar-refractivity contribution in [1.29, 1.82) is 0 Å². The van der Waals surface area contributed by atoms with Crippen LogP contribution in [0, 0.1) is 6.92 Å². The maximum atomic E-state index is 5.65. The van der Waals surface area contributed by atoms with E-state index in [1.54, 1.807) is 12.4 Å². The number of nitrogens with two attached hydrogens (primary N) is 1. The predicted molar refractivity (Wildman–Crippen MR) is 56.6 cm³/mol. The smallest absolute Gasteiger partial charge is 0.0506 e. The van der Waals surface area contributed by atoms with Crippen LogP contribution in [-0.4, -0.2) is 9.97 Å². The van der Waals surface area contributed by atoms with Crippen molar-refractivity contribution in [2.45, 2.75) is 6.92 Å². The summed E-state index contributed by atoms with van der Waals surface area (Å²) in [5, 5.41) is 0. The first-order valence-electron chi connectivity index (χ1n) is 4.38. The fourth-order valence-electron chi connectivity index (χ4n) is 1.33. The molecule has 70 valence electrons. The third-order valence-electron chi connectivity index (χ3n) is 1.97. The van der Waals surface area contributed by atoms with Crippen molar-refractivity contribution in [3.63, 3.8) is 0 Å². The Morgan fingerprint density at radius 1 is 0.929 bits per heavy atom. The second kappa shape index (κ2) is 3.46. The second-order valence-corrected chi connectivity index (χ2v) is 3.26. The first kappa shape index (κ1) is 8.69. The number of nitrogen functional groups attached to an aromatic ring is 1. The van der Waals surface area contributed by atoms with Gasteiger partial charge < -0.3 is 5.73 Å². The minimum Gasteiger partial charge on any atom is -0.397 e. The van der Waals surface area contributed by atoms with Crippen molar-refractivity contribution in [3.05, 3.63) is 42.5 Å². The zero-order valence-corrected chi connectivity index (χ0v) is 7.94. The maximum absolute atomic E-state index is 5.65. The topological polar surface area (TPSA) is 51.8 Å². The average Bonchev–Trinajstić information content (AvgIpc) is 2.18. The van der Waals surface area contributed by atoms with Crippen molar-refractivity contribution >= 4 is 5.69 Å². The Kier molecular flexibility index (Phi) is 2.14. The van der Waals surface area contributed by atoms with E-state index < -0.39 is 0 Å². The van der Waals surface area contributed by atoms with Crippen LogP contribution in [0.4, 0.5) is 5.69 Å². The number of hydrogen-bond donors (Lipinski definition) is 1. The molecule has 0 bridgehead atoms. The van der Waals surface area contributed by atoms with Crippen LogP contribution in [0.2, 0.25) is 0 Å². The van der Waals surface area contributed by atoms with Crippen molar-refractivity contribution in [3.8, 4) is 11.1 Å². The zero-order chi connectivity index (χ0) is 9.97. The summed E-state index contributed by atoms with van der Waals surface area (Å²) in [5.41, 5.74) is 9.50. The lowest BCUT2D eigenvalue weighted by atomic mass is 10.1. The summed E-state index contributed by atoms with van der Waals surface area (Å²) >= 11 is 0. The summed E-state index contributed by atoms with van der Waals surface area (Å²) in [6, 6.07) is 3.95. The third-order valence-corrected chi connectivity index (χ3v) is 1.97. The molecule has 2 rings (SSSR count). The van der Waals surface area contributed by atoms with Gasteiger partial charge in [-0.15, -0.1) is 0 Å². The summed E-state index contributed by atoms with van der Waals surface area (Å²) in [7, 11) is 0. The van der Waals surface area contributed by atoms with Crippen LogP contribution in [0.3, 0.4) is 0 Å². The van der Waals surface area contributed by atoms with E-state index >= 15 is 0 Å². The number of rotatable bonds is 1. The first-order valence-corrected chi connectivity index (χ1v) is 4.38. The molecule has 2 heterocycles. The third kappa shape index (κ3) is 1.71. The van der Waals surface area contributed by atoms with Gasteiger partial charge >= 0.3 is 0 Å². The van der Waals surface area contributed by atoms with E-state index in [1.165, 1.54) is 0 Å². The number of aryl methyl sites for hydroxylation is 1. The molecule has 0 spiro atoms. The molecule has 3 heteroatoms. The van der Waals surface area contributed by atoms with Crippen molar-refractivity contribution in [2.24, 2.45) is 0 Å². The number of aromatic nitrogens is 2. The number of pyridine rings is 2. The monoisotopic (exact) mass is 185 g/mol. The van der Waals surface area contributed by atoms with Crippen LogP contribution in [0.5, 0.6) is 0 Å². The van der Waals surface area contributed by atoms with E-state index in [0.29, 0.717) is 5.69 Å². The fourth-order valence-corrected chi connectivity index (χ4v) is 1.33. The fraction of sp³-hybridized carbons (Fsp3) is 0.0909. The van der Waals surface area contributed by atoms with Gasteiger partial charge in [0, 0.05) is 35.9 Å². The lowest BCUT2D eigenvalue weighted by molar-refractivity contribution is 1.26. The van der Waals surface area contributed by atoms with E-state index in [4.69, 9.17) is 5.73 Å². The van der Waals surface area contributed by atoms with Gasteiger partial charge in [0.2, 0.25) is 0 Å².